The Labute approximate surface area is 247 Å². The predicted molar refractivity (Wildman–Crippen MR) is 158 cm³/mol. The summed E-state index contributed by atoms with van der Waals surface area (Å²) < 4.78 is 16.2. The number of nitrogens with zero attached hydrogens (tertiary/aromatic N) is 3. The third kappa shape index (κ3) is 6.57. The molecule has 0 atom stereocenters. The molecule has 0 unspecified atom stereocenters. The highest BCUT2D eigenvalue weighted by molar-refractivity contribution is 7.99. The number of ether oxygens (including phenoxy) is 2. The molecule has 0 radical (unpaired) electrons. The van der Waals surface area contributed by atoms with Gasteiger partial charge in [0, 0.05) is 36.0 Å². The Morgan fingerprint density at radius 3 is 2.36 bits per heavy atom. The van der Waals surface area contributed by atoms with Crippen LogP contribution >= 0.6 is 11.8 Å². The minimum atomic E-state index is -0.243. The maximum absolute atomic E-state index is 13.0. The molecule has 3 aromatic carbocycles. The van der Waals surface area contributed by atoms with E-state index >= 15 is 0 Å². The zero-order valence-corrected chi connectivity index (χ0v) is 24.4. The van der Waals surface area contributed by atoms with Crippen molar-refractivity contribution in [1.29, 1.82) is 0 Å². The maximum Gasteiger partial charge on any atom is 0.277 e. The van der Waals surface area contributed by atoms with Crippen LogP contribution < -0.4 is 14.8 Å². The Balaban J connectivity index is 1.00. The molecule has 3 amide bonds. The molecule has 0 bridgehead atoms. The SMILES string of the molecule is COc1ccc(CCNC(=O)CSc2nnc(CCCCCN3C(=O)c4cccc5cccc(c45)C3=O)o2)cc1OC. The first-order valence-electron chi connectivity index (χ1n) is 13.8. The number of carbonyl (C=O) groups is 3. The van der Waals surface area contributed by atoms with Gasteiger partial charge in [-0.05, 0) is 54.5 Å². The number of methoxy groups -OCH3 is 2. The van der Waals surface area contributed by atoms with Gasteiger partial charge in [-0.15, -0.1) is 10.2 Å². The summed E-state index contributed by atoms with van der Waals surface area (Å²) in [6.07, 6.45) is 3.47. The molecule has 2 heterocycles. The molecule has 0 fully saturated rings. The Morgan fingerprint density at radius 2 is 1.64 bits per heavy atom. The second-order valence-corrected chi connectivity index (χ2v) is 10.7. The molecule has 0 spiro atoms. The molecule has 1 aliphatic rings. The van der Waals surface area contributed by atoms with Crippen LogP contribution in [0.1, 0.15) is 51.4 Å². The van der Waals surface area contributed by atoms with Crippen molar-refractivity contribution in [2.24, 2.45) is 0 Å². The summed E-state index contributed by atoms with van der Waals surface area (Å²) in [5.74, 6) is 1.37. The molecule has 10 nitrogen and oxygen atoms in total. The predicted octanol–water partition coefficient (Wildman–Crippen LogP) is 4.70. The van der Waals surface area contributed by atoms with E-state index < -0.39 is 0 Å². The molecule has 218 valence electrons. The van der Waals surface area contributed by atoms with Crippen molar-refractivity contribution in [1.82, 2.24) is 20.4 Å². The molecule has 5 rings (SSSR count). The quantitative estimate of drug-likeness (QED) is 0.127. The van der Waals surface area contributed by atoms with Crippen LogP contribution in [0.15, 0.2) is 64.2 Å². The minimum Gasteiger partial charge on any atom is -0.493 e. The Morgan fingerprint density at radius 1 is 0.905 bits per heavy atom. The smallest absolute Gasteiger partial charge is 0.277 e. The minimum absolute atomic E-state index is 0.124. The number of benzene rings is 3. The van der Waals surface area contributed by atoms with E-state index in [0.717, 1.165) is 29.2 Å². The van der Waals surface area contributed by atoms with Crippen molar-refractivity contribution in [3.63, 3.8) is 0 Å². The highest BCUT2D eigenvalue weighted by Gasteiger charge is 2.32. The van der Waals surface area contributed by atoms with Crippen LogP contribution in [0.2, 0.25) is 0 Å². The lowest BCUT2D eigenvalue weighted by Gasteiger charge is -2.27. The van der Waals surface area contributed by atoms with Gasteiger partial charge in [0.25, 0.3) is 17.0 Å². The summed E-state index contributed by atoms with van der Waals surface area (Å²) in [4.78, 5) is 39.6. The lowest BCUT2D eigenvalue weighted by molar-refractivity contribution is -0.118. The van der Waals surface area contributed by atoms with E-state index in [0.29, 0.717) is 66.1 Å². The Bertz CT molecular complexity index is 1550. The number of rotatable bonds is 14. The third-order valence-corrected chi connectivity index (χ3v) is 7.91. The standard InChI is InChI=1S/C31H32N4O6S/c1-39-24-14-13-20(18-25(24)40-2)15-16-32-26(36)19-42-31-34-33-27(41-31)12-4-3-5-17-35-29(37)22-10-6-8-21-9-7-11-23(28(21)22)30(35)38/h6-11,13-14,18H,3-5,12,15-17,19H2,1-2H3,(H,32,36). The van der Waals surface area contributed by atoms with Crippen molar-refractivity contribution in [2.75, 3.05) is 33.1 Å². The van der Waals surface area contributed by atoms with E-state index in [9.17, 15) is 14.4 Å². The Hall–Kier alpha value is -4.38. The van der Waals surface area contributed by atoms with Crippen molar-refractivity contribution in [2.45, 2.75) is 37.3 Å². The van der Waals surface area contributed by atoms with Crippen LogP contribution in [-0.2, 0) is 17.6 Å². The molecule has 1 aliphatic heterocycles. The number of amides is 3. The third-order valence-electron chi connectivity index (χ3n) is 7.09. The second-order valence-electron chi connectivity index (χ2n) is 9.82. The molecule has 1 N–H and O–H groups in total. The number of nitrogens with one attached hydrogen (secondary N) is 1. The normalized spacial score (nSPS) is 12.6. The lowest BCUT2D eigenvalue weighted by atomic mass is 9.94. The fourth-order valence-electron chi connectivity index (χ4n) is 4.96. The van der Waals surface area contributed by atoms with Gasteiger partial charge >= 0.3 is 0 Å². The monoisotopic (exact) mass is 588 g/mol. The largest absolute Gasteiger partial charge is 0.493 e. The molecule has 1 aromatic heterocycles. The first-order chi connectivity index (χ1) is 20.5. The van der Waals surface area contributed by atoms with E-state index in [1.807, 2.05) is 42.5 Å². The molecule has 42 heavy (non-hydrogen) atoms. The molecule has 0 saturated heterocycles. The average Bonchev–Trinajstić information content (AvgIpc) is 3.47. The number of hydrogen-bond acceptors (Lipinski definition) is 9. The van der Waals surface area contributed by atoms with Crippen molar-refractivity contribution >= 4 is 40.3 Å². The average molecular weight is 589 g/mol. The lowest BCUT2D eigenvalue weighted by Crippen LogP contribution is -2.40. The van der Waals surface area contributed by atoms with Gasteiger partial charge in [0.15, 0.2) is 11.5 Å². The first kappa shape index (κ1) is 29.1. The maximum atomic E-state index is 13.0. The van der Waals surface area contributed by atoms with Crippen molar-refractivity contribution in [3.8, 4) is 11.5 Å². The number of thioether (sulfide) groups is 1. The fourth-order valence-corrected chi connectivity index (χ4v) is 5.58. The van der Waals surface area contributed by atoms with Crippen molar-refractivity contribution < 1.29 is 28.3 Å². The van der Waals surface area contributed by atoms with Gasteiger partial charge in [-0.25, -0.2) is 0 Å². The topological polar surface area (TPSA) is 124 Å². The molecule has 4 aromatic rings. The van der Waals surface area contributed by atoms with Crippen LogP contribution in [0.5, 0.6) is 11.5 Å². The van der Waals surface area contributed by atoms with E-state index in [1.54, 1.807) is 26.4 Å². The summed E-state index contributed by atoms with van der Waals surface area (Å²) in [5.41, 5.74) is 2.18. The second kappa shape index (κ2) is 13.5. The van der Waals surface area contributed by atoms with Crippen LogP contribution in [0.4, 0.5) is 0 Å². The zero-order valence-electron chi connectivity index (χ0n) is 23.6. The summed E-state index contributed by atoms with van der Waals surface area (Å²) in [5, 5.41) is 13.0. The van der Waals surface area contributed by atoms with Gasteiger partial charge < -0.3 is 19.2 Å². The number of imide groups is 1. The van der Waals surface area contributed by atoms with E-state index in [-0.39, 0.29) is 23.5 Å². The van der Waals surface area contributed by atoms with Crippen LogP contribution in [0, 0.1) is 0 Å². The van der Waals surface area contributed by atoms with Gasteiger partial charge in [0.2, 0.25) is 11.8 Å². The van der Waals surface area contributed by atoms with E-state index in [4.69, 9.17) is 13.9 Å². The van der Waals surface area contributed by atoms with Gasteiger partial charge in [0.1, 0.15) is 0 Å². The van der Waals surface area contributed by atoms with Crippen LogP contribution in [-0.4, -0.2) is 65.9 Å². The van der Waals surface area contributed by atoms with Gasteiger partial charge in [-0.1, -0.05) is 48.5 Å². The highest BCUT2D eigenvalue weighted by atomic mass is 32.2. The van der Waals surface area contributed by atoms with Gasteiger partial charge in [-0.2, -0.15) is 0 Å². The molecule has 0 saturated carbocycles. The summed E-state index contributed by atoms with van der Waals surface area (Å²) in [6.45, 7) is 0.842. The van der Waals surface area contributed by atoms with Gasteiger partial charge in [-0.3, -0.25) is 19.3 Å². The van der Waals surface area contributed by atoms with Crippen molar-refractivity contribution in [3.05, 3.63) is 77.2 Å². The molecule has 11 heteroatoms. The highest BCUT2D eigenvalue weighted by Crippen LogP contribution is 2.30. The molecular weight excluding hydrogens is 556 g/mol. The number of aromatic nitrogens is 2. The summed E-state index contributed by atoms with van der Waals surface area (Å²) >= 11 is 1.19. The molecule has 0 aliphatic carbocycles. The van der Waals surface area contributed by atoms with E-state index in [1.165, 1.54) is 16.7 Å². The van der Waals surface area contributed by atoms with Crippen LogP contribution in [0.3, 0.4) is 0 Å². The van der Waals surface area contributed by atoms with Crippen LogP contribution in [0.25, 0.3) is 10.8 Å². The number of unbranched alkanes of at least 4 members (excludes halogenated alkanes) is 2. The number of aryl methyl sites for hydroxylation is 1. The van der Waals surface area contributed by atoms with Gasteiger partial charge in [0.05, 0.1) is 20.0 Å². The fraction of sp³-hybridized carbons (Fsp3) is 0.323. The molecular formula is C31H32N4O6S. The first-order valence-corrected chi connectivity index (χ1v) is 14.8. The zero-order chi connectivity index (χ0) is 29.5. The Kier molecular flexibility index (Phi) is 9.38. The summed E-state index contributed by atoms with van der Waals surface area (Å²) in [7, 11) is 3.18. The van der Waals surface area contributed by atoms with E-state index in [2.05, 4.69) is 15.5 Å². The number of hydrogen-bond donors (Lipinski definition) is 1. The number of carbonyl (C=O) groups excluding carboxylic acids is 3. The summed E-state index contributed by atoms with van der Waals surface area (Å²) in [6, 6.07) is 16.8.